The van der Waals surface area contributed by atoms with Gasteiger partial charge in [0.25, 0.3) is 0 Å². The fourth-order valence-electron chi connectivity index (χ4n) is 4.78. The molecule has 1 fully saturated rings. The molecule has 0 saturated heterocycles. The van der Waals surface area contributed by atoms with Crippen molar-refractivity contribution in [3.8, 4) is 28.5 Å². The molecule has 5 rings (SSSR count). The Hall–Kier alpha value is -3.09. The third kappa shape index (κ3) is 3.73. The number of hydrogen-bond donors (Lipinski definition) is 0. The molecule has 0 unspecified atom stereocenters. The first-order valence-corrected chi connectivity index (χ1v) is 11.3. The molecule has 0 spiro atoms. The van der Waals surface area contributed by atoms with Crippen LogP contribution in [0.3, 0.4) is 0 Å². The Labute approximate surface area is 187 Å². The number of halogens is 1. The van der Waals surface area contributed by atoms with E-state index >= 15 is 0 Å². The van der Waals surface area contributed by atoms with Gasteiger partial charge < -0.3 is 4.57 Å². The highest BCUT2D eigenvalue weighted by atomic mass is 35.5. The van der Waals surface area contributed by atoms with E-state index in [0.29, 0.717) is 11.5 Å². The van der Waals surface area contributed by atoms with E-state index in [1.54, 1.807) is 0 Å². The summed E-state index contributed by atoms with van der Waals surface area (Å²) < 4.78 is 2.28. The lowest BCUT2D eigenvalue weighted by Gasteiger charge is -2.14. The van der Waals surface area contributed by atoms with E-state index in [1.165, 1.54) is 31.2 Å². The van der Waals surface area contributed by atoms with Crippen molar-refractivity contribution < 1.29 is 0 Å². The van der Waals surface area contributed by atoms with Crippen molar-refractivity contribution in [2.24, 2.45) is 5.92 Å². The molecule has 4 aromatic rings. The lowest BCUT2D eigenvalue weighted by atomic mass is 9.95. The predicted octanol–water partition coefficient (Wildman–Crippen LogP) is 7.39. The van der Waals surface area contributed by atoms with Crippen molar-refractivity contribution in [2.45, 2.75) is 39.2 Å². The minimum atomic E-state index is 0.644. The van der Waals surface area contributed by atoms with E-state index in [2.05, 4.69) is 48.0 Å². The van der Waals surface area contributed by atoms with Gasteiger partial charge in [-0.1, -0.05) is 66.4 Å². The Morgan fingerprint density at radius 1 is 1.03 bits per heavy atom. The summed E-state index contributed by atoms with van der Waals surface area (Å²) in [6.45, 7) is 3.07. The standard InChI is InChI=1S/C27H24ClN3/c1-18-6-10-22(11-7-18)27-25(21-12-8-19(14-29)9-13-21)26-23(28)17-31(24(26)15-30-27)16-20-4-2-3-5-20/h6-13,15,17,20H,2-5,16H2,1H3. The first-order valence-electron chi connectivity index (χ1n) is 10.9. The summed E-state index contributed by atoms with van der Waals surface area (Å²) in [5.74, 6) is 0.710. The fraction of sp³-hybridized carbons (Fsp3) is 0.259. The summed E-state index contributed by atoms with van der Waals surface area (Å²) in [7, 11) is 0. The van der Waals surface area contributed by atoms with Crippen LogP contribution in [-0.4, -0.2) is 9.55 Å². The lowest BCUT2D eigenvalue weighted by Crippen LogP contribution is -2.06. The van der Waals surface area contributed by atoms with E-state index in [4.69, 9.17) is 16.6 Å². The summed E-state index contributed by atoms with van der Waals surface area (Å²) in [6.07, 6.45) is 9.26. The smallest absolute Gasteiger partial charge is 0.0991 e. The Balaban J connectivity index is 1.73. The van der Waals surface area contributed by atoms with E-state index in [-0.39, 0.29) is 0 Å². The molecule has 1 aliphatic rings. The zero-order valence-electron chi connectivity index (χ0n) is 17.6. The molecule has 0 radical (unpaired) electrons. The van der Waals surface area contributed by atoms with Crippen LogP contribution >= 0.6 is 11.6 Å². The molecule has 2 aromatic carbocycles. The summed E-state index contributed by atoms with van der Waals surface area (Å²) in [4.78, 5) is 4.93. The Morgan fingerprint density at radius 2 is 1.71 bits per heavy atom. The number of nitriles is 1. The topological polar surface area (TPSA) is 41.6 Å². The maximum Gasteiger partial charge on any atom is 0.0991 e. The molecule has 0 bridgehead atoms. The maximum absolute atomic E-state index is 9.23. The van der Waals surface area contributed by atoms with Gasteiger partial charge in [0, 0.05) is 29.3 Å². The zero-order valence-corrected chi connectivity index (χ0v) is 18.4. The number of fused-ring (bicyclic) bond motifs is 1. The number of nitrogens with zero attached hydrogens (tertiary/aromatic N) is 3. The second kappa shape index (κ2) is 8.21. The molecule has 0 N–H and O–H groups in total. The average molecular weight is 426 g/mol. The van der Waals surface area contributed by atoms with Crippen LogP contribution in [0, 0.1) is 24.2 Å². The second-order valence-corrected chi connectivity index (χ2v) is 8.98. The second-order valence-electron chi connectivity index (χ2n) is 8.58. The van der Waals surface area contributed by atoms with Gasteiger partial charge in [-0.15, -0.1) is 0 Å². The van der Waals surface area contributed by atoms with Gasteiger partial charge in [-0.05, 0) is 43.4 Å². The molecule has 154 valence electrons. The molecule has 0 amide bonds. The van der Waals surface area contributed by atoms with Crippen LogP contribution in [0.2, 0.25) is 5.02 Å². The van der Waals surface area contributed by atoms with Crippen molar-refractivity contribution in [1.82, 2.24) is 9.55 Å². The van der Waals surface area contributed by atoms with Gasteiger partial charge in [-0.3, -0.25) is 4.98 Å². The molecule has 0 atom stereocenters. The van der Waals surface area contributed by atoms with E-state index < -0.39 is 0 Å². The highest BCUT2D eigenvalue weighted by Gasteiger charge is 2.21. The van der Waals surface area contributed by atoms with Crippen molar-refractivity contribution in [3.63, 3.8) is 0 Å². The normalized spacial score (nSPS) is 14.2. The summed E-state index contributed by atoms with van der Waals surface area (Å²) in [5, 5.41) is 11.0. The lowest BCUT2D eigenvalue weighted by molar-refractivity contribution is 0.466. The SMILES string of the molecule is Cc1ccc(-c2ncc3c(c(Cl)cn3CC3CCCC3)c2-c2ccc(C#N)cc2)cc1. The molecule has 31 heavy (non-hydrogen) atoms. The van der Waals surface area contributed by atoms with Crippen molar-refractivity contribution in [1.29, 1.82) is 5.26 Å². The highest BCUT2D eigenvalue weighted by Crippen LogP contribution is 2.41. The van der Waals surface area contributed by atoms with Gasteiger partial charge in [-0.25, -0.2) is 0 Å². The summed E-state index contributed by atoms with van der Waals surface area (Å²) in [5.41, 5.74) is 6.96. The molecule has 2 aromatic heterocycles. The number of hydrogen-bond acceptors (Lipinski definition) is 2. The van der Waals surface area contributed by atoms with Crippen LogP contribution in [0.1, 0.15) is 36.8 Å². The third-order valence-electron chi connectivity index (χ3n) is 6.43. The van der Waals surface area contributed by atoms with Gasteiger partial charge in [-0.2, -0.15) is 5.26 Å². The number of aromatic nitrogens is 2. The Morgan fingerprint density at radius 3 is 2.39 bits per heavy atom. The molecular weight excluding hydrogens is 402 g/mol. The Kier molecular flexibility index (Phi) is 5.26. The van der Waals surface area contributed by atoms with Crippen LogP contribution in [0.4, 0.5) is 0 Å². The molecule has 4 heteroatoms. The van der Waals surface area contributed by atoms with Gasteiger partial charge >= 0.3 is 0 Å². The largest absolute Gasteiger partial charge is 0.344 e. The summed E-state index contributed by atoms with van der Waals surface area (Å²) in [6, 6.07) is 18.4. The van der Waals surface area contributed by atoms with Gasteiger partial charge in [0.05, 0.1) is 34.1 Å². The predicted molar refractivity (Wildman–Crippen MR) is 127 cm³/mol. The van der Waals surface area contributed by atoms with Crippen LogP contribution in [0.15, 0.2) is 60.9 Å². The van der Waals surface area contributed by atoms with E-state index in [0.717, 1.165) is 44.9 Å². The van der Waals surface area contributed by atoms with Gasteiger partial charge in [0.1, 0.15) is 0 Å². The first-order chi connectivity index (χ1) is 15.1. The zero-order chi connectivity index (χ0) is 21.4. The maximum atomic E-state index is 9.23. The average Bonchev–Trinajstić information content (AvgIpc) is 3.42. The minimum absolute atomic E-state index is 0.644. The molecule has 3 nitrogen and oxygen atoms in total. The van der Waals surface area contributed by atoms with E-state index in [1.807, 2.05) is 30.5 Å². The van der Waals surface area contributed by atoms with Crippen LogP contribution in [0.25, 0.3) is 33.3 Å². The number of pyridine rings is 1. The van der Waals surface area contributed by atoms with Crippen LogP contribution in [-0.2, 0) is 6.54 Å². The van der Waals surface area contributed by atoms with E-state index in [9.17, 15) is 5.26 Å². The molecular formula is C27H24ClN3. The monoisotopic (exact) mass is 425 g/mol. The molecule has 2 heterocycles. The van der Waals surface area contributed by atoms with Gasteiger partial charge in [0.15, 0.2) is 0 Å². The van der Waals surface area contributed by atoms with Gasteiger partial charge in [0.2, 0.25) is 0 Å². The summed E-state index contributed by atoms with van der Waals surface area (Å²) >= 11 is 6.86. The molecule has 1 aliphatic carbocycles. The van der Waals surface area contributed by atoms with Crippen molar-refractivity contribution in [3.05, 3.63) is 77.1 Å². The number of rotatable bonds is 4. The highest BCUT2D eigenvalue weighted by molar-refractivity contribution is 6.37. The van der Waals surface area contributed by atoms with Crippen molar-refractivity contribution in [2.75, 3.05) is 0 Å². The number of benzene rings is 2. The number of aryl methyl sites for hydroxylation is 1. The fourth-order valence-corrected chi connectivity index (χ4v) is 5.09. The first kappa shape index (κ1) is 19.8. The molecule has 1 saturated carbocycles. The molecule has 0 aliphatic heterocycles. The van der Waals surface area contributed by atoms with Crippen molar-refractivity contribution >= 4 is 22.5 Å². The minimum Gasteiger partial charge on any atom is -0.344 e. The quantitative estimate of drug-likeness (QED) is 0.342. The Bertz CT molecular complexity index is 1270. The van der Waals surface area contributed by atoms with Crippen LogP contribution < -0.4 is 0 Å². The third-order valence-corrected chi connectivity index (χ3v) is 6.72. The van der Waals surface area contributed by atoms with Crippen LogP contribution in [0.5, 0.6) is 0 Å².